The summed E-state index contributed by atoms with van der Waals surface area (Å²) in [6.07, 6.45) is 9.90. The quantitative estimate of drug-likeness (QED) is 0.603. The lowest BCUT2D eigenvalue weighted by molar-refractivity contribution is 0.0951. The van der Waals surface area contributed by atoms with E-state index in [-0.39, 0.29) is 5.91 Å². The largest absolute Gasteiger partial charge is 0.352 e. The molecule has 0 saturated carbocycles. The maximum absolute atomic E-state index is 12.8. The van der Waals surface area contributed by atoms with Crippen LogP contribution in [0.15, 0.2) is 22.7 Å². The number of thioether (sulfide) groups is 1. The van der Waals surface area contributed by atoms with Gasteiger partial charge in [-0.1, -0.05) is 25.5 Å². The first-order chi connectivity index (χ1) is 12.5. The predicted molar refractivity (Wildman–Crippen MR) is 108 cm³/mol. The molecule has 2 heterocycles. The standard InChI is InChI=1S/C20H28N4OS/c1-13(2)26-18-16(12-22-19-17(18)14(3)23-24(19)4)20(25)21-11-10-15-8-6-5-7-9-15/h8,12-13H,5-7,9-11H2,1-4H3,(H,21,25). The number of carbonyl (C=O) groups excluding carboxylic acids is 1. The molecule has 2 aromatic heterocycles. The van der Waals surface area contributed by atoms with Crippen molar-refractivity contribution >= 4 is 28.7 Å². The van der Waals surface area contributed by atoms with Crippen LogP contribution < -0.4 is 5.32 Å². The van der Waals surface area contributed by atoms with Crippen LogP contribution in [0.1, 0.15) is 62.0 Å². The lowest BCUT2D eigenvalue weighted by Crippen LogP contribution is -2.26. The van der Waals surface area contributed by atoms with Gasteiger partial charge in [-0.3, -0.25) is 9.48 Å². The highest BCUT2D eigenvalue weighted by Gasteiger charge is 2.21. The molecule has 0 unspecified atom stereocenters. The molecule has 1 N–H and O–H groups in total. The number of carbonyl (C=O) groups is 1. The average molecular weight is 373 g/mol. The highest BCUT2D eigenvalue weighted by Crippen LogP contribution is 2.34. The second-order valence-corrected chi connectivity index (χ2v) is 8.78. The number of amides is 1. The van der Waals surface area contributed by atoms with Gasteiger partial charge in [0.2, 0.25) is 0 Å². The Kier molecular flexibility index (Phi) is 6.01. The average Bonchev–Trinajstić information content (AvgIpc) is 2.90. The van der Waals surface area contributed by atoms with Crippen LogP contribution in [0, 0.1) is 6.92 Å². The Bertz CT molecular complexity index is 838. The topological polar surface area (TPSA) is 59.8 Å². The molecule has 0 fully saturated rings. The van der Waals surface area contributed by atoms with E-state index in [4.69, 9.17) is 0 Å². The molecule has 1 aliphatic carbocycles. The zero-order valence-electron chi connectivity index (χ0n) is 16.1. The van der Waals surface area contributed by atoms with Gasteiger partial charge in [-0.05, 0) is 39.0 Å². The zero-order valence-corrected chi connectivity index (χ0v) is 16.9. The van der Waals surface area contributed by atoms with Crippen molar-refractivity contribution in [3.63, 3.8) is 0 Å². The van der Waals surface area contributed by atoms with Crippen LogP contribution in [0.25, 0.3) is 11.0 Å². The van der Waals surface area contributed by atoms with Gasteiger partial charge in [0.05, 0.1) is 16.6 Å². The van der Waals surface area contributed by atoms with E-state index in [9.17, 15) is 4.79 Å². The van der Waals surface area contributed by atoms with Gasteiger partial charge in [0.15, 0.2) is 5.65 Å². The number of allylic oxidation sites excluding steroid dienone is 1. The molecule has 3 rings (SSSR count). The number of pyridine rings is 1. The third-order valence-electron chi connectivity index (χ3n) is 4.69. The number of aromatic nitrogens is 3. The molecule has 0 aromatic carbocycles. The van der Waals surface area contributed by atoms with Gasteiger partial charge in [-0.15, -0.1) is 11.8 Å². The minimum absolute atomic E-state index is 0.0396. The molecular formula is C20H28N4OS. The normalized spacial score (nSPS) is 14.7. The van der Waals surface area contributed by atoms with E-state index < -0.39 is 0 Å². The Labute approximate surface area is 159 Å². The van der Waals surface area contributed by atoms with Crippen LogP contribution in [0.4, 0.5) is 0 Å². The Morgan fingerprint density at radius 1 is 1.38 bits per heavy atom. The van der Waals surface area contributed by atoms with Gasteiger partial charge in [0.1, 0.15) is 0 Å². The molecular weight excluding hydrogens is 344 g/mol. The van der Waals surface area contributed by atoms with Crippen molar-refractivity contribution in [2.45, 2.75) is 63.0 Å². The summed E-state index contributed by atoms with van der Waals surface area (Å²) in [6.45, 7) is 6.94. The summed E-state index contributed by atoms with van der Waals surface area (Å²) in [7, 11) is 1.89. The predicted octanol–water partition coefficient (Wildman–Crippen LogP) is 4.40. The van der Waals surface area contributed by atoms with Crippen molar-refractivity contribution < 1.29 is 4.79 Å². The Balaban J connectivity index is 1.82. The summed E-state index contributed by atoms with van der Waals surface area (Å²) in [5.74, 6) is -0.0396. The molecule has 0 saturated heterocycles. The molecule has 0 spiro atoms. The summed E-state index contributed by atoms with van der Waals surface area (Å²) in [6, 6.07) is 0. The first kappa shape index (κ1) is 19.0. The molecule has 0 bridgehead atoms. The molecule has 2 aromatic rings. The fourth-order valence-corrected chi connectivity index (χ4v) is 4.56. The fourth-order valence-electron chi connectivity index (χ4n) is 3.46. The van der Waals surface area contributed by atoms with Crippen LogP contribution in [0.3, 0.4) is 0 Å². The molecule has 0 atom stereocenters. The summed E-state index contributed by atoms with van der Waals surface area (Å²) in [5, 5.41) is 8.94. The Hall–Kier alpha value is -1.82. The smallest absolute Gasteiger partial charge is 0.254 e. The summed E-state index contributed by atoms with van der Waals surface area (Å²) >= 11 is 1.71. The maximum atomic E-state index is 12.8. The van der Waals surface area contributed by atoms with E-state index in [0.29, 0.717) is 17.4 Å². The van der Waals surface area contributed by atoms with E-state index >= 15 is 0 Å². The van der Waals surface area contributed by atoms with Crippen molar-refractivity contribution in [3.05, 3.63) is 29.1 Å². The van der Waals surface area contributed by atoms with E-state index in [0.717, 1.165) is 28.0 Å². The molecule has 1 amide bonds. The van der Waals surface area contributed by atoms with E-state index in [2.05, 4.69) is 35.3 Å². The molecule has 6 heteroatoms. The third-order valence-corrected chi connectivity index (χ3v) is 5.83. The van der Waals surface area contributed by atoms with Gasteiger partial charge in [0, 0.05) is 29.9 Å². The second kappa shape index (κ2) is 8.25. The molecule has 0 radical (unpaired) electrons. The van der Waals surface area contributed by atoms with Gasteiger partial charge >= 0.3 is 0 Å². The van der Waals surface area contributed by atoms with E-state index in [1.807, 2.05) is 14.0 Å². The molecule has 1 aliphatic rings. The SMILES string of the molecule is Cc1nn(C)c2ncc(C(=O)NCCC3=CCCCC3)c(SC(C)C)c12. The number of hydrogen-bond acceptors (Lipinski definition) is 4. The molecule has 26 heavy (non-hydrogen) atoms. The number of rotatable bonds is 6. The maximum Gasteiger partial charge on any atom is 0.254 e. The van der Waals surface area contributed by atoms with E-state index in [1.54, 1.807) is 22.6 Å². The van der Waals surface area contributed by atoms with Crippen molar-refractivity contribution in [2.75, 3.05) is 6.54 Å². The summed E-state index contributed by atoms with van der Waals surface area (Å²) in [4.78, 5) is 18.3. The van der Waals surface area contributed by atoms with Crippen molar-refractivity contribution in [1.82, 2.24) is 20.1 Å². The van der Waals surface area contributed by atoms with Crippen LogP contribution in [0.5, 0.6) is 0 Å². The Morgan fingerprint density at radius 2 is 2.19 bits per heavy atom. The van der Waals surface area contributed by atoms with Crippen LogP contribution in [0.2, 0.25) is 0 Å². The molecule has 5 nitrogen and oxygen atoms in total. The van der Waals surface area contributed by atoms with Crippen LogP contribution >= 0.6 is 11.8 Å². The summed E-state index contributed by atoms with van der Waals surface area (Å²) in [5.41, 5.74) is 3.88. The highest BCUT2D eigenvalue weighted by molar-refractivity contribution is 8.00. The van der Waals surface area contributed by atoms with Crippen molar-refractivity contribution in [1.29, 1.82) is 0 Å². The van der Waals surface area contributed by atoms with Gasteiger partial charge < -0.3 is 5.32 Å². The monoisotopic (exact) mass is 372 g/mol. The molecule has 140 valence electrons. The number of nitrogens with zero attached hydrogens (tertiary/aromatic N) is 3. The van der Waals surface area contributed by atoms with Crippen LogP contribution in [-0.4, -0.2) is 32.5 Å². The van der Waals surface area contributed by atoms with Gasteiger partial charge in [-0.25, -0.2) is 4.98 Å². The van der Waals surface area contributed by atoms with Gasteiger partial charge in [-0.2, -0.15) is 5.10 Å². The number of nitrogens with one attached hydrogen (secondary N) is 1. The fraction of sp³-hybridized carbons (Fsp3) is 0.550. The second-order valence-electron chi connectivity index (χ2n) is 7.19. The van der Waals surface area contributed by atoms with E-state index in [1.165, 1.54) is 31.3 Å². The number of hydrogen-bond donors (Lipinski definition) is 1. The Morgan fingerprint density at radius 3 is 2.88 bits per heavy atom. The van der Waals surface area contributed by atoms with Crippen molar-refractivity contribution in [2.24, 2.45) is 7.05 Å². The zero-order chi connectivity index (χ0) is 18.7. The van der Waals surface area contributed by atoms with Crippen LogP contribution in [-0.2, 0) is 7.05 Å². The third kappa shape index (κ3) is 4.11. The van der Waals surface area contributed by atoms with Crippen molar-refractivity contribution in [3.8, 4) is 0 Å². The first-order valence-electron chi connectivity index (χ1n) is 9.42. The number of fused-ring (bicyclic) bond motifs is 1. The van der Waals surface area contributed by atoms with Gasteiger partial charge in [0.25, 0.3) is 5.91 Å². The lowest BCUT2D eigenvalue weighted by atomic mass is 9.97. The summed E-state index contributed by atoms with van der Waals surface area (Å²) < 4.78 is 1.78. The minimum atomic E-state index is -0.0396. The lowest BCUT2D eigenvalue weighted by Gasteiger charge is -2.15. The minimum Gasteiger partial charge on any atom is -0.352 e. The molecule has 0 aliphatic heterocycles. The first-order valence-corrected chi connectivity index (χ1v) is 10.3. The number of aryl methyl sites for hydroxylation is 2. The highest BCUT2D eigenvalue weighted by atomic mass is 32.2.